The highest BCUT2D eigenvalue weighted by Crippen LogP contribution is 2.26. The summed E-state index contributed by atoms with van der Waals surface area (Å²) in [4.78, 5) is 35.2. The van der Waals surface area contributed by atoms with Gasteiger partial charge in [-0.3, -0.25) is 19.5 Å². The first-order valence-electron chi connectivity index (χ1n) is 10.8. The summed E-state index contributed by atoms with van der Waals surface area (Å²) in [6.07, 6.45) is 2.44. The molecule has 1 amide bonds. The van der Waals surface area contributed by atoms with Crippen molar-refractivity contribution in [3.63, 3.8) is 0 Å². The molecule has 3 aromatic rings. The van der Waals surface area contributed by atoms with Gasteiger partial charge in [0.15, 0.2) is 0 Å². The van der Waals surface area contributed by atoms with Crippen molar-refractivity contribution in [3.05, 3.63) is 63.6 Å². The van der Waals surface area contributed by atoms with Crippen LogP contribution in [0.2, 0.25) is 0 Å². The van der Waals surface area contributed by atoms with Crippen LogP contribution in [0.4, 0.5) is 15.9 Å². The van der Waals surface area contributed by atoms with Gasteiger partial charge in [-0.15, -0.1) is 4.48 Å². The number of H-pyrrole nitrogens is 1. The molecule has 3 heterocycles. The van der Waals surface area contributed by atoms with Crippen LogP contribution in [0.15, 0.2) is 41.3 Å². The van der Waals surface area contributed by atoms with E-state index in [2.05, 4.69) is 14.9 Å². The molecular weight excluding hydrogens is 427 g/mol. The molecule has 4 rings (SSSR count). The minimum absolute atomic E-state index is 0.0189. The lowest BCUT2D eigenvalue weighted by Gasteiger charge is -2.42. The number of halogens is 1. The molecular formula is C23H27FN6O3. The molecule has 0 radical (unpaired) electrons. The van der Waals surface area contributed by atoms with E-state index in [9.17, 15) is 19.2 Å². The van der Waals surface area contributed by atoms with Crippen molar-refractivity contribution < 1.29 is 14.4 Å². The largest absolute Gasteiger partial charge is 0.395 e. The fourth-order valence-electron chi connectivity index (χ4n) is 4.28. The summed E-state index contributed by atoms with van der Waals surface area (Å²) < 4.78 is 13.2. The smallest absolute Gasteiger partial charge is 0.251 e. The molecule has 174 valence electrons. The van der Waals surface area contributed by atoms with Crippen LogP contribution in [0.1, 0.15) is 28.4 Å². The van der Waals surface area contributed by atoms with E-state index < -0.39 is 5.91 Å². The third-order valence-electron chi connectivity index (χ3n) is 6.14. The number of hydrogen-bond donors (Lipinski definition) is 4. The second kappa shape index (κ2) is 9.55. The van der Waals surface area contributed by atoms with Crippen LogP contribution in [-0.4, -0.2) is 58.2 Å². The highest BCUT2D eigenvalue weighted by atomic mass is 19.2. The lowest BCUT2D eigenvalue weighted by molar-refractivity contribution is 0.100. The van der Waals surface area contributed by atoms with Crippen LogP contribution in [0, 0.1) is 0 Å². The molecule has 0 saturated carbocycles. The minimum Gasteiger partial charge on any atom is -0.395 e. The molecule has 2 aromatic heterocycles. The molecule has 1 saturated heterocycles. The van der Waals surface area contributed by atoms with Gasteiger partial charge in [0, 0.05) is 43.6 Å². The molecule has 0 unspecified atom stereocenters. The number of aromatic nitrogens is 2. The first kappa shape index (κ1) is 22.7. The van der Waals surface area contributed by atoms with Gasteiger partial charge in [-0.05, 0) is 42.3 Å². The number of primary amides is 1. The van der Waals surface area contributed by atoms with E-state index in [4.69, 9.17) is 5.73 Å². The number of nitrogens with two attached hydrogens (primary N) is 1. The van der Waals surface area contributed by atoms with Gasteiger partial charge >= 0.3 is 0 Å². The van der Waals surface area contributed by atoms with Gasteiger partial charge in [0.05, 0.1) is 34.9 Å². The number of piperazine rings is 1. The molecule has 1 aliphatic rings. The summed E-state index contributed by atoms with van der Waals surface area (Å²) in [5.74, 6) is -0.712. The number of carbonyl (C=O) groups excluding carboxylic acids is 1. The standard InChI is InChI=1S/C23H27FN6O3/c1-2-15-8-20-21(27-23(15)33)7-14(10-26-20)11-29-5-6-30(12-17(29)13-31)16-3-4-18(22(25)32)19(9-16)28-24/h3-4,7-10,17,28,31H,2,5-6,11-13H2,1H3,(H2,25,32)(H,27,33)/t17-/m0/s1. The molecule has 5 N–H and O–H groups in total. The molecule has 1 aliphatic heterocycles. The maximum absolute atomic E-state index is 13.2. The maximum Gasteiger partial charge on any atom is 0.251 e. The van der Waals surface area contributed by atoms with Crippen LogP contribution in [0.3, 0.4) is 0 Å². The quantitative estimate of drug-likeness (QED) is 0.399. The first-order valence-corrected chi connectivity index (χ1v) is 10.8. The Balaban J connectivity index is 1.50. The molecule has 33 heavy (non-hydrogen) atoms. The van der Waals surface area contributed by atoms with Crippen molar-refractivity contribution in [1.82, 2.24) is 14.9 Å². The molecule has 1 atom stereocenters. The first-order chi connectivity index (χ1) is 15.9. The van der Waals surface area contributed by atoms with Gasteiger partial charge < -0.3 is 20.7 Å². The SMILES string of the molecule is CCc1cc2ncc(CN3CCN(c4ccc(C(N)=O)c(NF)c4)C[C@H]3CO)cc2[nH]c1=O. The summed E-state index contributed by atoms with van der Waals surface area (Å²) in [5.41, 5.74) is 10.6. The number of nitrogens with one attached hydrogen (secondary N) is 2. The molecule has 0 spiro atoms. The zero-order chi connectivity index (χ0) is 23.5. The number of hydrogen-bond acceptors (Lipinski definition) is 7. The summed E-state index contributed by atoms with van der Waals surface area (Å²) >= 11 is 0. The van der Waals surface area contributed by atoms with Crippen molar-refractivity contribution in [1.29, 1.82) is 0 Å². The number of aromatic amines is 1. The average molecular weight is 455 g/mol. The molecule has 0 bridgehead atoms. The number of anilines is 2. The Morgan fingerprint density at radius 3 is 2.85 bits per heavy atom. The van der Waals surface area contributed by atoms with E-state index in [0.29, 0.717) is 43.7 Å². The summed E-state index contributed by atoms with van der Waals surface area (Å²) in [6.45, 7) is 4.27. The van der Waals surface area contributed by atoms with Gasteiger partial charge in [0.25, 0.3) is 11.5 Å². The molecule has 1 aromatic carbocycles. The monoisotopic (exact) mass is 454 g/mol. The van der Waals surface area contributed by atoms with Gasteiger partial charge in [0.1, 0.15) is 0 Å². The van der Waals surface area contributed by atoms with Crippen molar-refractivity contribution >= 4 is 28.3 Å². The van der Waals surface area contributed by atoms with E-state index in [1.165, 1.54) is 11.6 Å². The number of amides is 1. The van der Waals surface area contributed by atoms with E-state index in [-0.39, 0.29) is 29.5 Å². The Morgan fingerprint density at radius 2 is 2.15 bits per heavy atom. The zero-order valence-electron chi connectivity index (χ0n) is 18.3. The topological polar surface area (TPSA) is 128 Å². The number of carbonyl (C=O) groups is 1. The summed E-state index contributed by atoms with van der Waals surface area (Å²) in [5, 5.41) is 10.0. The Hall–Kier alpha value is -3.50. The lowest BCUT2D eigenvalue weighted by Crippen LogP contribution is -2.54. The summed E-state index contributed by atoms with van der Waals surface area (Å²) in [7, 11) is 0. The van der Waals surface area contributed by atoms with E-state index in [1.807, 2.05) is 24.0 Å². The number of rotatable bonds is 7. The number of aryl methyl sites for hydroxylation is 1. The number of aliphatic hydroxyl groups excluding tert-OH is 1. The predicted molar refractivity (Wildman–Crippen MR) is 125 cm³/mol. The van der Waals surface area contributed by atoms with Crippen LogP contribution in [0.5, 0.6) is 0 Å². The fourth-order valence-corrected chi connectivity index (χ4v) is 4.28. The van der Waals surface area contributed by atoms with E-state index in [1.54, 1.807) is 18.3 Å². The minimum atomic E-state index is -0.712. The second-order valence-electron chi connectivity index (χ2n) is 8.20. The Bertz CT molecular complexity index is 1230. The molecule has 10 heteroatoms. The number of pyridine rings is 2. The third-order valence-corrected chi connectivity index (χ3v) is 6.14. The van der Waals surface area contributed by atoms with Gasteiger partial charge in [-0.25, -0.2) is 5.54 Å². The predicted octanol–water partition coefficient (Wildman–Crippen LogP) is 1.56. The van der Waals surface area contributed by atoms with Crippen LogP contribution in [0.25, 0.3) is 11.0 Å². The highest BCUT2D eigenvalue weighted by Gasteiger charge is 2.27. The van der Waals surface area contributed by atoms with Crippen molar-refractivity contribution in [2.75, 3.05) is 36.7 Å². The van der Waals surface area contributed by atoms with Crippen LogP contribution < -0.4 is 21.7 Å². The summed E-state index contributed by atoms with van der Waals surface area (Å²) in [6, 6.07) is 8.33. The Labute approximate surface area is 190 Å². The second-order valence-corrected chi connectivity index (χ2v) is 8.20. The normalized spacial score (nSPS) is 16.8. The van der Waals surface area contributed by atoms with Crippen molar-refractivity contribution in [3.8, 4) is 0 Å². The Kier molecular flexibility index (Phi) is 6.57. The maximum atomic E-state index is 13.2. The van der Waals surface area contributed by atoms with Gasteiger partial charge in [-0.2, -0.15) is 0 Å². The number of fused-ring (bicyclic) bond motifs is 1. The average Bonchev–Trinajstić information content (AvgIpc) is 2.83. The Morgan fingerprint density at radius 1 is 1.33 bits per heavy atom. The van der Waals surface area contributed by atoms with Crippen molar-refractivity contribution in [2.24, 2.45) is 5.73 Å². The molecule has 0 aliphatic carbocycles. The molecule has 1 fully saturated rings. The van der Waals surface area contributed by atoms with E-state index >= 15 is 0 Å². The van der Waals surface area contributed by atoms with Gasteiger partial charge in [0.2, 0.25) is 0 Å². The number of benzene rings is 1. The van der Waals surface area contributed by atoms with Gasteiger partial charge in [-0.1, -0.05) is 6.92 Å². The fraction of sp³-hybridized carbons (Fsp3) is 0.348. The molecule has 9 nitrogen and oxygen atoms in total. The number of nitrogens with zero attached hydrogens (tertiary/aromatic N) is 3. The third kappa shape index (κ3) is 4.67. The van der Waals surface area contributed by atoms with E-state index in [0.717, 1.165) is 16.8 Å². The zero-order valence-corrected chi connectivity index (χ0v) is 18.3. The van der Waals surface area contributed by atoms with Crippen LogP contribution in [-0.2, 0) is 13.0 Å². The lowest BCUT2D eigenvalue weighted by atomic mass is 10.1. The number of aliphatic hydroxyl groups is 1. The van der Waals surface area contributed by atoms with Crippen molar-refractivity contribution in [2.45, 2.75) is 25.9 Å². The highest BCUT2D eigenvalue weighted by molar-refractivity contribution is 5.99. The van der Waals surface area contributed by atoms with Crippen LogP contribution >= 0.6 is 0 Å².